The Balaban J connectivity index is 1.49. The van der Waals surface area contributed by atoms with Crippen molar-refractivity contribution in [1.29, 1.82) is 0 Å². The summed E-state index contributed by atoms with van der Waals surface area (Å²) in [6.45, 7) is -1.10. The van der Waals surface area contributed by atoms with Crippen LogP contribution in [0.4, 0.5) is 13.2 Å². The third kappa shape index (κ3) is 5.68. The van der Waals surface area contributed by atoms with Crippen molar-refractivity contribution in [1.82, 2.24) is 15.1 Å². The highest BCUT2D eigenvalue weighted by Gasteiger charge is 2.27. The summed E-state index contributed by atoms with van der Waals surface area (Å²) in [5, 5.41) is 6.96. The van der Waals surface area contributed by atoms with Gasteiger partial charge in [-0.1, -0.05) is 24.3 Å². The Morgan fingerprint density at radius 3 is 2.32 bits per heavy atom. The van der Waals surface area contributed by atoms with Gasteiger partial charge in [-0.05, 0) is 41.5 Å². The van der Waals surface area contributed by atoms with Gasteiger partial charge in [0.15, 0.2) is 0 Å². The quantitative estimate of drug-likeness (QED) is 0.667. The van der Waals surface area contributed by atoms with Gasteiger partial charge in [0.05, 0.1) is 12.3 Å². The third-order valence-corrected chi connectivity index (χ3v) is 3.91. The first kappa shape index (κ1) is 19.6. The third-order valence-electron chi connectivity index (χ3n) is 3.91. The number of aromatic nitrogens is 2. The van der Waals surface area contributed by atoms with Crippen LogP contribution in [0.5, 0.6) is 0 Å². The van der Waals surface area contributed by atoms with Crippen LogP contribution in [0.15, 0.2) is 67.0 Å². The highest BCUT2D eigenvalue weighted by atomic mass is 19.4. The predicted octanol–water partition coefficient (Wildman–Crippen LogP) is 3.88. The summed E-state index contributed by atoms with van der Waals surface area (Å²) in [5.41, 5.74) is 2.84. The molecule has 0 radical (unpaired) electrons. The molecule has 5 nitrogen and oxygen atoms in total. The van der Waals surface area contributed by atoms with E-state index in [1.165, 1.54) is 0 Å². The second kappa shape index (κ2) is 8.71. The maximum absolute atomic E-state index is 12.2. The first-order valence-electron chi connectivity index (χ1n) is 8.51. The lowest BCUT2D eigenvalue weighted by atomic mass is 10.1. The van der Waals surface area contributed by atoms with Crippen LogP contribution in [0.25, 0.3) is 5.69 Å². The van der Waals surface area contributed by atoms with Crippen molar-refractivity contribution in [3.8, 4) is 5.69 Å². The van der Waals surface area contributed by atoms with Gasteiger partial charge < -0.3 is 10.1 Å². The van der Waals surface area contributed by atoms with E-state index >= 15 is 0 Å². The molecule has 3 rings (SSSR count). The van der Waals surface area contributed by atoms with E-state index in [4.69, 9.17) is 0 Å². The van der Waals surface area contributed by atoms with Gasteiger partial charge in [-0.25, -0.2) is 4.68 Å². The van der Waals surface area contributed by atoms with Crippen molar-refractivity contribution in [3.63, 3.8) is 0 Å². The fraction of sp³-hybridized carbons (Fsp3) is 0.200. The standard InChI is InChI=1S/C20H18F3N3O2/c21-20(22,23)14-28-13-16-2-6-17(7-3-16)19(27)24-12-15-4-8-18(9-5-15)26-11-1-10-25-26/h1-11H,12-14H2,(H,24,27). The summed E-state index contributed by atoms with van der Waals surface area (Å²) in [5.74, 6) is -0.265. The number of amides is 1. The molecule has 0 unspecified atom stereocenters. The molecule has 0 atom stereocenters. The van der Waals surface area contributed by atoms with E-state index in [9.17, 15) is 18.0 Å². The van der Waals surface area contributed by atoms with E-state index < -0.39 is 12.8 Å². The van der Waals surface area contributed by atoms with Gasteiger partial charge in [-0.15, -0.1) is 0 Å². The van der Waals surface area contributed by atoms with E-state index in [2.05, 4.69) is 15.2 Å². The molecule has 1 aromatic heterocycles. The minimum Gasteiger partial charge on any atom is -0.367 e. The first-order valence-corrected chi connectivity index (χ1v) is 8.51. The van der Waals surface area contributed by atoms with Crippen LogP contribution in [0, 0.1) is 0 Å². The zero-order chi connectivity index (χ0) is 20.0. The highest BCUT2D eigenvalue weighted by molar-refractivity contribution is 5.94. The molecule has 0 saturated heterocycles. The predicted molar refractivity (Wildman–Crippen MR) is 96.9 cm³/mol. The minimum absolute atomic E-state index is 0.163. The molecule has 0 spiro atoms. The van der Waals surface area contributed by atoms with Crippen LogP contribution in [0.3, 0.4) is 0 Å². The summed E-state index contributed by atoms with van der Waals surface area (Å²) < 4.78 is 42.5. The number of halogens is 3. The number of benzene rings is 2. The van der Waals surface area contributed by atoms with Crippen LogP contribution in [0.1, 0.15) is 21.5 Å². The lowest BCUT2D eigenvalue weighted by Crippen LogP contribution is -2.22. The summed E-state index contributed by atoms with van der Waals surface area (Å²) >= 11 is 0. The highest BCUT2D eigenvalue weighted by Crippen LogP contribution is 2.16. The van der Waals surface area contributed by atoms with Crippen molar-refractivity contribution in [2.45, 2.75) is 19.3 Å². The van der Waals surface area contributed by atoms with Gasteiger partial charge in [0.2, 0.25) is 0 Å². The number of rotatable bonds is 7. The zero-order valence-electron chi connectivity index (χ0n) is 14.8. The monoisotopic (exact) mass is 389 g/mol. The molecular weight excluding hydrogens is 371 g/mol. The molecule has 2 aromatic carbocycles. The van der Waals surface area contributed by atoms with Crippen molar-refractivity contribution in [2.24, 2.45) is 0 Å². The van der Waals surface area contributed by atoms with Crippen molar-refractivity contribution >= 4 is 5.91 Å². The number of hydrogen-bond acceptors (Lipinski definition) is 3. The molecule has 0 aliphatic heterocycles. The second-order valence-corrected chi connectivity index (χ2v) is 6.10. The van der Waals surface area contributed by atoms with Crippen molar-refractivity contribution in [2.75, 3.05) is 6.61 Å². The molecule has 0 bridgehead atoms. The number of nitrogens with zero attached hydrogens (tertiary/aromatic N) is 2. The van der Waals surface area contributed by atoms with Gasteiger partial charge in [0.25, 0.3) is 5.91 Å². The van der Waals surface area contributed by atoms with Crippen LogP contribution in [-0.4, -0.2) is 28.5 Å². The zero-order valence-corrected chi connectivity index (χ0v) is 14.8. The average Bonchev–Trinajstić information content (AvgIpc) is 3.21. The number of ether oxygens (including phenoxy) is 1. The van der Waals surface area contributed by atoms with E-state index in [1.807, 2.05) is 36.5 Å². The summed E-state index contributed by atoms with van der Waals surface area (Å²) in [7, 11) is 0. The van der Waals surface area contributed by atoms with Gasteiger partial charge in [0.1, 0.15) is 6.61 Å². The number of hydrogen-bond donors (Lipinski definition) is 1. The van der Waals surface area contributed by atoms with E-state index in [0.29, 0.717) is 17.7 Å². The van der Waals surface area contributed by atoms with Crippen LogP contribution >= 0.6 is 0 Å². The summed E-state index contributed by atoms with van der Waals surface area (Å²) in [4.78, 5) is 12.2. The Morgan fingerprint density at radius 1 is 1.04 bits per heavy atom. The smallest absolute Gasteiger partial charge is 0.367 e. The van der Waals surface area contributed by atoms with E-state index in [1.54, 1.807) is 35.1 Å². The lowest BCUT2D eigenvalue weighted by Gasteiger charge is -2.09. The largest absolute Gasteiger partial charge is 0.411 e. The molecule has 1 N–H and O–H groups in total. The summed E-state index contributed by atoms with van der Waals surface area (Å²) in [6.07, 6.45) is -0.813. The summed E-state index contributed by atoms with van der Waals surface area (Å²) in [6, 6.07) is 15.7. The molecule has 0 aliphatic rings. The Hall–Kier alpha value is -3.13. The van der Waals surface area contributed by atoms with Gasteiger partial charge in [-0.2, -0.15) is 18.3 Å². The van der Waals surface area contributed by atoms with E-state index in [-0.39, 0.29) is 12.5 Å². The molecule has 3 aromatic rings. The fourth-order valence-electron chi connectivity index (χ4n) is 2.51. The first-order chi connectivity index (χ1) is 13.4. The molecule has 8 heteroatoms. The second-order valence-electron chi connectivity index (χ2n) is 6.10. The molecule has 0 saturated carbocycles. The number of carbonyl (C=O) groups is 1. The Labute approximate surface area is 159 Å². The maximum atomic E-state index is 12.2. The van der Waals surface area contributed by atoms with Crippen LogP contribution in [0.2, 0.25) is 0 Å². The molecule has 28 heavy (non-hydrogen) atoms. The lowest BCUT2D eigenvalue weighted by molar-refractivity contribution is -0.176. The van der Waals surface area contributed by atoms with Gasteiger partial charge in [0, 0.05) is 24.5 Å². The van der Waals surface area contributed by atoms with Gasteiger partial charge in [-0.3, -0.25) is 4.79 Å². The Bertz CT molecular complexity index is 890. The van der Waals surface area contributed by atoms with Crippen LogP contribution < -0.4 is 5.32 Å². The Kier molecular flexibility index (Phi) is 6.10. The van der Waals surface area contributed by atoms with Crippen molar-refractivity contribution < 1.29 is 22.7 Å². The maximum Gasteiger partial charge on any atom is 0.411 e. The SMILES string of the molecule is O=C(NCc1ccc(-n2cccn2)cc1)c1ccc(COCC(F)(F)F)cc1. The number of nitrogens with one attached hydrogen (secondary N) is 1. The molecule has 146 valence electrons. The van der Waals surface area contributed by atoms with Crippen LogP contribution in [-0.2, 0) is 17.9 Å². The normalized spacial score (nSPS) is 11.4. The Morgan fingerprint density at radius 2 is 1.71 bits per heavy atom. The molecule has 0 aliphatic carbocycles. The topological polar surface area (TPSA) is 56.2 Å². The molecule has 1 amide bonds. The molecular formula is C20H18F3N3O2. The van der Waals surface area contributed by atoms with Crippen molar-refractivity contribution in [3.05, 3.63) is 83.7 Å². The average molecular weight is 389 g/mol. The number of carbonyl (C=O) groups excluding carboxylic acids is 1. The molecule has 0 fully saturated rings. The molecule has 1 heterocycles. The van der Waals surface area contributed by atoms with Gasteiger partial charge >= 0.3 is 6.18 Å². The van der Waals surface area contributed by atoms with E-state index in [0.717, 1.165) is 11.3 Å². The minimum atomic E-state index is -4.35. The fourth-order valence-corrected chi connectivity index (χ4v) is 2.51. The number of alkyl halides is 3.